The zero-order valence-corrected chi connectivity index (χ0v) is 13.8. The van der Waals surface area contributed by atoms with Crippen molar-refractivity contribution in [3.8, 4) is 5.75 Å². The van der Waals surface area contributed by atoms with E-state index in [1.807, 2.05) is 13.8 Å². The average Bonchev–Trinajstić information content (AvgIpc) is 2.36. The smallest absolute Gasteiger partial charge is 0.138 e. The van der Waals surface area contributed by atoms with Gasteiger partial charge < -0.3 is 14.6 Å². The summed E-state index contributed by atoms with van der Waals surface area (Å²) in [7, 11) is 0. The largest absolute Gasteiger partial charge is 0.489 e. The first kappa shape index (κ1) is 16.8. The van der Waals surface area contributed by atoms with Crippen LogP contribution < -0.4 is 4.74 Å². The second-order valence-corrected chi connectivity index (χ2v) is 6.36. The van der Waals surface area contributed by atoms with Crippen molar-refractivity contribution in [2.24, 2.45) is 0 Å². The predicted octanol–water partition coefficient (Wildman–Crippen LogP) is 2.84. The summed E-state index contributed by atoms with van der Waals surface area (Å²) >= 11 is 11.9. The number of ether oxygens (including phenoxy) is 2. The highest BCUT2D eigenvalue weighted by Gasteiger charge is 2.24. The summed E-state index contributed by atoms with van der Waals surface area (Å²) in [5, 5.41) is 11.1. The summed E-state index contributed by atoms with van der Waals surface area (Å²) in [6.45, 7) is 6.48. The quantitative estimate of drug-likeness (QED) is 0.899. The molecule has 0 radical (unpaired) electrons. The second kappa shape index (κ2) is 7.65. The molecule has 0 aliphatic carbocycles. The highest BCUT2D eigenvalue weighted by Crippen LogP contribution is 2.27. The van der Waals surface area contributed by atoms with Crippen molar-refractivity contribution in [1.29, 1.82) is 0 Å². The monoisotopic (exact) mass is 333 g/mol. The van der Waals surface area contributed by atoms with Gasteiger partial charge in [-0.3, -0.25) is 4.90 Å². The standard InChI is InChI=1S/C15H21Cl2NO3/c1-10-6-18(7-11(2)21-10)8-13(19)9-20-15-4-3-12(16)5-14(15)17/h3-5,10-11,13,19H,6-9H2,1-2H3/t10-,11-,13-/m0/s1. The lowest BCUT2D eigenvalue weighted by Gasteiger charge is -2.36. The summed E-state index contributed by atoms with van der Waals surface area (Å²) in [5.74, 6) is 0.531. The SMILES string of the molecule is C[C@H]1CN(C[C@H](O)COc2ccc(Cl)cc2Cl)C[C@H](C)O1. The van der Waals surface area contributed by atoms with E-state index in [2.05, 4.69) is 4.90 Å². The number of morpholine rings is 1. The lowest BCUT2D eigenvalue weighted by atomic mass is 10.2. The molecule has 1 aliphatic heterocycles. The van der Waals surface area contributed by atoms with Crippen molar-refractivity contribution in [1.82, 2.24) is 4.90 Å². The zero-order chi connectivity index (χ0) is 15.4. The molecule has 118 valence electrons. The van der Waals surface area contributed by atoms with Crippen LogP contribution in [-0.2, 0) is 4.74 Å². The molecular formula is C15H21Cl2NO3. The number of β-amino-alcohol motifs (C(OH)–C–C–N with tert-alkyl or cyclic N) is 1. The number of hydrogen-bond donors (Lipinski definition) is 1. The Morgan fingerprint density at radius 2 is 2.00 bits per heavy atom. The van der Waals surface area contributed by atoms with Crippen molar-refractivity contribution >= 4 is 23.2 Å². The van der Waals surface area contributed by atoms with Gasteiger partial charge in [0.1, 0.15) is 18.5 Å². The molecule has 1 N–H and O–H groups in total. The fourth-order valence-electron chi connectivity index (χ4n) is 2.56. The van der Waals surface area contributed by atoms with Gasteiger partial charge in [-0.2, -0.15) is 0 Å². The van der Waals surface area contributed by atoms with Gasteiger partial charge in [0.05, 0.1) is 17.2 Å². The Morgan fingerprint density at radius 3 is 2.62 bits per heavy atom. The average molecular weight is 334 g/mol. The molecule has 0 bridgehead atoms. The van der Waals surface area contributed by atoms with Gasteiger partial charge >= 0.3 is 0 Å². The summed E-state index contributed by atoms with van der Waals surface area (Å²) in [6.07, 6.45) is -0.200. The van der Waals surface area contributed by atoms with Crippen molar-refractivity contribution < 1.29 is 14.6 Å². The van der Waals surface area contributed by atoms with Gasteiger partial charge in [-0.1, -0.05) is 23.2 Å². The molecule has 6 heteroatoms. The van der Waals surface area contributed by atoms with Crippen LogP contribution in [0.1, 0.15) is 13.8 Å². The van der Waals surface area contributed by atoms with E-state index in [1.54, 1.807) is 18.2 Å². The van der Waals surface area contributed by atoms with Crippen molar-refractivity contribution in [3.05, 3.63) is 28.2 Å². The molecule has 0 unspecified atom stereocenters. The summed E-state index contributed by atoms with van der Waals surface area (Å²) < 4.78 is 11.2. The molecule has 2 rings (SSSR count). The van der Waals surface area contributed by atoms with Crippen LogP contribution in [0.2, 0.25) is 10.0 Å². The molecule has 1 heterocycles. The highest BCUT2D eigenvalue weighted by molar-refractivity contribution is 6.35. The Labute approximate surface area is 135 Å². The van der Waals surface area contributed by atoms with Crippen LogP contribution in [0.25, 0.3) is 0 Å². The minimum atomic E-state index is -0.575. The number of rotatable bonds is 5. The van der Waals surface area contributed by atoms with Crippen LogP contribution in [0, 0.1) is 0 Å². The molecule has 1 fully saturated rings. The summed E-state index contributed by atoms with van der Waals surface area (Å²) in [4.78, 5) is 2.19. The van der Waals surface area contributed by atoms with Crippen molar-refractivity contribution in [2.75, 3.05) is 26.2 Å². The van der Waals surface area contributed by atoms with Crippen LogP contribution in [0.3, 0.4) is 0 Å². The molecule has 0 saturated carbocycles. The Morgan fingerprint density at radius 1 is 1.33 bits per heavy atom. The van der Waals surface area contributed by atoms with E-state index in [1.165, 1.54) is 0 Å². The van der Waals surface area contributed by atoms with Gasteiger partial charge in [0.15, 0.2) is 0 Å². The Balaban J connectivity index is 1.80. The molecule has 0 spiro atoms. The summed E-state index contributed by atoms with van der Waals surface area (Å²) in [6, 6.07) is 5.03. The Hall–Kier alpha value is -0.520. The molecule has 4 nitrogen and oxygen atoms in total. The normalized spacial score (nSPS) is 24.8. The van der Waals surface area contributed by atoms with Crippen molar-refractivity contribution in [3.63, 3.8) is 0 Å². The maximum absolute atomic E-state index is 10.1. The van der Waals surface area contributed by atoms with E-state index in [0.717, 1.165) is 13.1 Å². The third-order valence-corrected chi connectivity index (χ3v) is 3.82. The van der Waals surface area contributed by atoms with Crippen LogP contribution in [0.4, 0.5) is 0 Å². The van der Waals surface area contributed by atoms with E-state index >= 15 is 0 Å². The van der Waals surface area contributed by atoms with E-state index in [4.69, 9.17) is 32.7 Å². The molecule has 3 atom stereocenters. The molecule has 21 heavy (non-hydrogen) atoms. The predicted molar refractivity (Wildman–Crippen MR) is 84.4 cm³/mol. The first-order valence-corrected chi connectivity index (χ1v) is 7.83. The van der Waals surface area contributed by atoms with Crippen LogP contribution in [0.15, 0.2) is 18.2 Å². The third kappa shape index (κ3) is 5.31. The van der Waals surface area contributed by atoms with Gasteiger partial charge in [0, 0.05) is 24.7 Å². The Bertz CT molecular complexity index is 462. The molecule has 0 aromatic heterocycles. The van der Waals surface area contributed by atoms with Crippen molar-refractivity contribution in [2.45, 2.75) is 32.2 Å². The minimum absolute atomic E-state index is 0.188. The molecule has 0 amide bonds. The van der Waals surface area contributed by atoms with E-state index in [9.17, 15) is 5.11 Å². The lowest BCUT2D eigenvalue weighted by molar-refractivity contribution is -0.0786. The summed E-state index contributed by atoms with van der Waals surface area (Å²) in [5.41, 5.74) is 0. The van der Waals surface area contributed by atoms with Crippen LogP contribution in [0.5, 0.6) is 5.75 Å². The number of nitrogens with zero attached hydrogens (tertiary/aromatic N) is 1. The molecule has 1 aromatic carbocycles. The third-order valence-electron chi connectivity index (χ3n) is 3.29. The number of benzene rings is 1. The number of aliphatic hydroxyl groups excluding tert-OH is 1. The van der Waals surface area contributed by atoms with Gasteiger partial charge in [0.2, 0.25) is 0 Å². The second-order valence-electron chi connectivity index (χ2n) is 5.52. The first-order chi connectivity index (χ1) is 9.94. The zero-order valence-electron chi connectivity index (χ0n) is 12.3. The maximum atomic E-state index is 10.1. The van der Waals surface area contributed by atoms with E-state index < -0.39 is 6.10 Å². The topological polar surface area (TPSA) is 41.9 Å². The fourth-order valence-corrected chi connectivity index (χ4v) is 3.03. The van der Waals surface area contributed by atoms with Gasteiger partial charge in [-0.05, 0) is 32.0 Å². The number of hydrogen-bond acceptors (Lipinski definition) is 4. The minimum Gasteiger partial charge on any atom is -0.489 e. The lowest BCUT2D eigenvalue weighted by Crippen LogP contribution is -2.48. The van der Waals surface area contributed by atoms with Crippen LogP contribution in [-0.4, -0.2) is 54.6 Å². The molecule has 1 aromatic rings. The van der Waals surface area contributed by atoms with E-state index in [-0.39, 0.29) is 18.8 Å². The maximum Gasteiger partial charge on any atom is 0.138 e. The highest BCUT2D eigenvalue weighted by atomic mass is 35.5. The first-order valence-electron chi connectivity index (χ1n) is 7.07. The van der Waals surface area contributed by atoms with E-state index in [0.29, 0.717) is 22.3 Å². The van der Waals surface area contributed by atoms with Gasteiger partial charge in [-0.25, -0.2) is 0 Å². The number of halogens is 2. The molecular weight excluding hydrogens is 313 g/mol. The Kier molecular flexibility index (Phi) is 6.14. The fraction of sp³-hybridized carbons (Fsp3) is 0.600. The van der Waals surface area contributed by atoms with Gasteiger partial charge in [-0.15, -0.1) is 0 Å². The molecule has 1 aliphatic rings. The number of aliphatic hydroxyl groups is 1. The van der Waals surface area contributed by atoms with Crippen LogP contribution >= 0.6 is 23.2 Å². The van der Waals surface area contributed by atoms with Gasteiger partial charge in [0.25, 0.3) is 0 Å². The molecule has 1 saturated heterocycles.